The van der Waals surface area contributed by atoms with Crippen LogP contribution in [0, 0.1) is 5.92 Å². The molecule has 0 radical (unpaired) electrons. The number of carbonyl (C=O) groups is 1. The Balaban J connectivity index is 1.52. The Morgan fingerprint density at radius 3 is 2.29 bits per heavy atom. The van der Waals surface area contributed by atoms with Crippen molar-refractivity contribution in [2.45, 2.75) is 43.7 Å². The lowest BCUT2D eigenvalue weighted by atomic mass is 9.97. The Labute approximate surface area is 168 Å². The van der Waals surface area contributed by atoms with Crippen molar-refractivity contribution in [3.8, 4) is 11.1 Å². The smallest absolute Gasteiger partial charge is 0.296 e. The second-order valence-electron chi connectivity index (χ2n) is 7.76. The zero-order valence-corrected chi connectivity index (χ0v) is 16.2. The molecular weight excluding hydrogens is 382 g/mol. The van der Waals surface area contributed by atoms with Gasteiger partial charge in [-0.3, -0.25) is 4.79 Å². The molecule has 1 saturated heterocycles. The van der Waals surface area contributed by atoms with Crippen LogP contribution in [0.3, 0.4) is 0 Å². The van der Waals surface area contributed by atoms with E-state index >= 15 is 0 Å². The summed E-state index contributed by atoms with van der Waals surface area (Å²) in [4.78, 5) is 14.3. The minimum absolute atomic E-state index is 0.0848. The fourth-order valence-electron chi connectivity index (χ4n) is 4.55. The van der Waals surface area contributed by atoms with Crippen molar-refractivity contribution in [3.63, 3.8) is 0 Å². The zero-order chi connectivity index (χ0) is 19.9. The Hall–Kier alpha value is -1.98. The Kier molecular flexibility index (Phi) is 5.15. The monoisotopic (exact) mass is 404 g/mol. The second kappa shape index (κ2) is 7.45. The van der Waals surface area contributed by atoms with Crippen LogP contribution in [-0.4, -0.2) is 29.4 Å². The predicted molar refractivity (Wildman–Crippen MR) is 106 cm³/mol. The quantitative estimate of drug-likeness (QED) is 0.793. The van der Waals surface area contributed by atoms with Gasteiger partial charge in [-0.25, -0.2) is 0 Å². The predicted octanol–water partition coefficient (Wildman–Crippen LogP) is 4.83. The van der Waals surface area contributed by atoms with E-state index in [1.807, 2.05) is 12.1 Å². The van der Waals surface area contributed by atoms with E-state index < -0.39 is 17.9 Å². The average molecular weight is 405 g/mol. The number of hydrogen-bond donors (Lipinski definition) is 1. The highest BCUT2D eigenvalue weighted by atomic mass is 35.5. The molecule has 0 spiro atoms. The van der Waals surface area contributed by atoms with Crippen LogP contribution in [0.15, 0.2) is 48.5 Å². The fourth-order valence-corrected chi connectivity index (χ4v) is 4.68. The maximum Gasteiger partial charge on any atom is 0.296 e. The largest absolute Gasteiger partial charge is 0.338 e. The number of likely N-dealkylation sites (tertiary alicyclic amines) is 1. The van der Waals surface area contributed by atoms with Crippen molar-refractivity contribution in [2.24, 2.45) is 11.7 Å². The van der Waals surface area contributed by atoms with Crippen LogP contribution in [0.5, 0.6) is 0 Å². The van der Waals surface area contributed by atoms with Crippen LogP contribution in [0.4, 0.5) is 8.78 Å². The van der Waals surface area contributed by atoms with Crippen LogP contribution >= 0.6 is 11.6 Å². The molecule has 3 unspecified atom stereocenters. The van der Waals surface area contributed by atoms with E-state index in [0.29, 0.717) is 17.5 Å². The third kappa shape index (κ3) is 3.42. The van der Waals surface area contributed by atoms with E-state index in [0.717, 1.165) is 36.8 Å². The molecule has 2 aliphatic rings. The number of halogens is 3. The van der Waals surface area contributed by atoms with Gasteiger partial charge >= 0.3 is 0 Å². The molecule has 1 heterocycles. The van der Waals surface area contributed by atoms with Crippen molar-refractivity contribution in [3.05, 3.63) is 59.1 Å². The Bertz CT molecular complexity index is 854. The molecule has 28 heavy (non-hydrogen) atoms. The van der Waals surface area contributed by atoms with Gasteiger partial charge in [0.05, 0.1) is 0 Å². The summed E-state index contributed by atoms with van der Waals surface area (Å²) in [6.45, 7) is 0.535. The summed E-state index contributed by atoms with van der Waals surface area (Å²) in [6, 6.07) is 11.3. The summed E-state index contributed by atoms with van der Waals surface area (Å²) in [5, 5.41) is 0.614. The molecule has 2 aromatic rings. The number of alkyl halides is 2. The van der Waals surface area contributed by atoms with Crippen molar-refractivity contribution in [1.29, 1.82) is 0 Å². The van der Waals surface area contributed by atoms with Crippen LogP contribution in [0.2, 0.25) is 5.02 Å². The highest BCUT2D eigenvalue weighted by molar-refractivity contribution is 6.30. The van der Waals surface area contributed by atoms with E-state index in [4.69, 9.17) is 17.3 Å². The first kappa shape index (κ1) is 19.3. The minimum Gasteiger partial charge on any atom is -0.338 e. The van der Waals surface area contributed by atoms with Crippen molar-refractivity contribution in [1.82, 2.24) is 4.90 Å². The summed E-state index contributed by atoms with van der Waals surface area (Å²) in [5.41, 5.74) is 7.23. The number of rotatable bonds is 4. The third-order valence-corrected chi connectivity index (χ3v) is 6.40. The lowest BCUT2D eigenvalue weighted by Gasteiger charge is -2.30. The van der Waals surface area contributed by atoms with Gasteiger partial charge in [-0.1, -0.05) is 54.4 Å². The molecule has 2 aromatic carbocycles. The first-order chi connectivity index (χ1) is 13.4. The van der Waals surface area contributed by atoms with Crippen LogP contribution < -0.4 is 5.73 Å². The molecule has 1 saturated carbocycles. The zero-order valence-electron chi connectivity index (χ0n) is 15.5. The molecule has 2 N–H and O–H groups in total. The first-order valence-electron chi connectivity index (χ1n) is 9.68. The van der Waals surface area contributed by atoms with E-state index in [9.17, 15) is 13.6 Å². The third-order valence-electron chi connectivity index (χ3n) is 6.15. The fraction of sp³-hybridized carbons (Fsp3) is 0.409. The maximum absolute atomic E-state index is 15.0. The van der Waals surface area contributed by atoms with Gasteiger partial charge in [0, 0.05) is 23.2 Å². The van der Waals surface area contributed by atoms with Crippen molar-refractivity contribution < 1.29 is 13.6 Å². The summed E-state index contributed by atoms with van der Waals surface area (Å²) in [5.74, 6) is -3.61. The molecule has 6 heteroatoms. The Morgan fingerprint density at radius 2 is 1.64 bits per heavy atom. The number of nitrogens with zero attached hydrogens (tertiary/aromatic N) is 1. The molecule has 4 rings (SSSR count). The molecule has 3 nitrogen and oxygen atoms in total. The van der Waals surface area contributed by atoms with Crippen molar-refractivity contribution >= 4 is 17.5 Å². The number of fused-ring (bicyclic) bond motifs is 1. The average Bonchev–Trinajstić information content (AvgIpc) is 3.31. The molecule has 3 atom stereocenters. The van der Waals surface area contributed by atoms with Gasteiger partial charge in [0.2, 0.25) is 5.91 Å². The highest BCUT2D eigenvalue weighted by Gasteiger charge is 2.49. The van der Waals surface area contributed by atoms with Crippen LogP contribution in [0.25, 0.3) is 11.1 Å². The standard InChI is InChI=1S/C22H23ClF2N2O/c23-18-10-6-15(7-11-18)14-4-8-17(9-5-14)22(24,25)20(26)21(28)27-13-12-16-2-1-3-19(16)27/h4-11,16,19-20H,1-3,12-13,26H2. The molecular formula is C22H23ClF2N2O. The number of nitrogens with two attached hydrogens (primary N) is 1. The number of benzene rings is 2. The van der Waals surface area contributed by atoms with E-state index in [1.54, 1.807) is 29.2 Å². The molecule has 0 bridgehead atoms. The number of hydrogen-bond acceptors (Lipinski definition) is 2. The van der Waals surface area contributed by atoms with E-state index in [1.165, 1.54) is 12.1 Å². The van der Waals surface area contributed by atoms with Gasteiger partial charge in [0.25, 0.3) is 5.92 Å². The van der Waals surface area contributed by atoms with Gasteiger partial charge in [-0.2, -0.15) is 8.78 Å². The number of amides is 1. The molecule has 1 aliphatic heterocycles. The lowest BCUT2D eigenvalue weighted by molar-refractivity contribution is -0.144. The van der Waals surface area contributed by atoms with Gasteiger partial charge in [-0.05, 0) is 48.4 Å². The number of carbonyl (C=O) groups excluding carboxylic acids is 1. The maximum atomic E-state index is 15.0. The molecule has 2 fully saturated rings. The van der Waals surface area contributed by atoms with Crippen LogP contribution in [-0.2, 0) is 10.7 Å². The molecule has 1 amide bonds. The minimum atomic E-state index is -3.42. The topological polar surface area (TPSA) is 46.3 Å². The highest BCUT2D eigenvalue weighted by Crippen LogP contribution is 2.40. The Morgan fingerprint density at radius 1 is 1.04 bits per heavy atom. The van der Waals surface area contributed by atoms with Crippen LogP contribution in [0.1, 0.15) is 31.2 Å². The van der Waals surface area contributed by atoms with Gasteiger partial charge in [0.15, 0.2) is 6.04 Å². The summed E-state index contributed by atoms with van der Waals surface area (Å²) in [6.07, 6.45) is 3.91. The molecule has 0 aromatic heterocycles. The first-order valence-corrected chi connectivity index (χ1v) is 10.1. The normalized spacial score (nSPS) is 22.9. The van der Waals surface area contributed by atoms with E-state index in [-0.39, 0.29) is 11.6 Å². The van der Waals surface area contributed by atoms with Crippen molar-refractivity contribution in [2.75, 3.05) is 6.54 Å². The van der Waals surface area contributed by atoms with Gasteiger partial charge in [0.1, 0.15) is 0 Å². The lowest BCUT2D eigenvalue weighted by Crippen LogP contribution is -2.53. The summed E-state index contributed by atoms with van der Waals surface area (Å²) in [7, 11) is 0. The molecule has 148 valence electrons. The summed E-state index contributed by atoms with van der Waals surface area (Å²) >= 11 is 5.89. The second-order valence-corrected chi connectivity index (χ2v) is 8.20. The van der Waals surface area contributed by atoms with E-state index in [2.05, 4.69) is 0 Å². The van der Waals surface area contributed by atoms with Gasteiger partial charge < -0.3 is 10.6 Å². The molecule has 1 aliphatic carbocycles. The van der Waals surface area contributed by atoms with Gasteiger partial charge in [-0.15, -0.1) is 0 Å². The SMILES string of the molecule is NC(C(=O)N1CCC2CCCC21)C(F)(F)c1ccc(-c2ccc(Cl)cc2)cc1. The summed E-state index contributed by atoms with van der Waals surface area (Å²) < 4.78 is 30.0.